The maximum absolute atomic E-state index is 14.0. The third kappa shape index (κ3) is 10.7. The van der Waals surface area contributed by atoms with Crippen LogP contribution in [0.3, 0.4) is 0 Å². The molecule has 5 rings (SSSR count). The van der Waals surface area contributed by atoms with E-state index in [0.29, 0.717) is 60.9 Å². The molecule has 1 saturated carbocycles. The lowest BCUT2D eigenvalue weighted by molar-refractivity contribution is -0.164. The molecule has 3 aliphatic rings. The minimum Gasteiger partial charge on any atom is -0.490 e. The number of aromatic nitrogens is 1. The van der Waals surface area contributed by atoms with Gasteiger partial charge in [0.1, 0.15) is 35.6 Å². The molecule has 2 saturated heterocycles. The number of hydrogen-bond donors (Lipinski definition) is 2. The number of methoxy groups -OCH3 is 1. The van der Waals surface area contributed by atoms with E-state index in [1.54, 1.807) is 13.3 Å². The van der Waals surface area contributed by atoms with Crippen LogP contribution in [0, 0.1) is 16.7 Å². The number of anilines is 2. The molecule has 306 valence electrons. The van der Waals surface area contributed by atoms with Crippen molar-refractivity contribution < 1.29 is 33.3 Å². The highest BCUT2D eigenvalue weighted by Gasteiger charge is 2.64. The molecule has 3 fully saturated rings. The quantitative estimate of drug-likeness (QED) is 0.201. The number of piperidine rings is 1. The smallest absolute Gasteiger partial charge is 0.410 e. The summed E-state index contributed by atoms with van der Waals surface area (Å²) in [5, 5.41) is 6.97. The Balaban J connectivity index is 1.20. The van der Waals surface area contributed by atoms with Gasteiger partial charge in [-0.05, 0) is 51.7 Å². The first-order valence-electron chi connectivity index (χ1n) is 19.6. The summed E-state index contributed by atoms with van der Waals surface area (Å²) in [4.78, 5) is 37.9. The van der Waals surface area contributed by atoms with Crippen LogP contribution in [-0.2, 0) is 14.2 Å². The molecule has 0 unspecified atom stereocenters. The highest BCUT2D eigenvalue weighted by molar-refractivity contribution is 6.33. The number of amides is 2. The molecule has 2 N–H and O–H groups in total. The average Bonchev–Trinajstić information content (AvgIpc) is 3.14. The number of benzene rings is 1. The Labute approximate surface area is 332 Å². The van der Waals surface area contributed by atoms with Crippen molar-refractivity contribution in [3.63, 3.8) is 0 Å². The zero-order valence-electron chi connectivity index (χ0n) is 34.3. The van der Waals surface area contributed by atoms with Gasteiger partial charge in [-0.25, -0.2) is 9.78 Å². The third-order valence-electron chi connectivity index (χ3n) is 11.1. The molecular formula is C41H63ClN6O7. The lowest BCUT2D eigenvalue weighted by atomic mass is 9.49. The number of pyridine rings is 1. The van der Waals surface area contributed by atoms with E-state index in [1.807, 2.05) is 57.0 Å². The molecule has 1 aliphatic carbocycles. The van der Waals surface area contributed by atoms with E-state index in [2.05, 4.69) is 48.1 Å². The van der Waals surface area contributed by atoms with Crippen LogP contribution in [0.25, 0.3) is 0 Å². The van der Waals surface area contributed by atoms with Gasteiger partial charge in [0.2, 0.25) is 0 Å². The van der Waals surface area contributed by atoms with E-state index < -0.39 is 5.60 Å². The van der Waals surface area contributed by atoms with Gasteiger partial charge in [0.25, 0.3) is 5.91 Å². The molecule has 0 spiro atoms. The maximum Gasteiger partial charge on any atom is 0.410 e. The van der Waals surface area contributed by atoms with E-state index in [0.717, 1.165) is 57.1 Å². The number of hydrogen-bond acceptors (Lipinski definition) is 11. The minimum atomic E-state index is -0.490. The maximum atomic E-state index is 14.0. The largest absolute Gasteiger partial charge is 0.490 e. The molecule has 0 bridgehead atoms. The highest BCUT2D eigenvalue weighted by Crippen LogP contribution is 2.55. The lowest BCUT2D eigenvalue weighted by Gasteiger charge is -2.63. The van der Waals surface area contributed by atoms with Crippen molar-refractivity contribution in [2.45, 2.75) is 79.1 Å². The molecule has 13 nitrogen and oxygen atoms in total. The van der Waals surface area contributed by atoms with Crippen LogP contribution in [0.4, 0.5) is 16.3 Å². The van der Waals surface area contributed by atoms with E-state index >= 15 is 0 Å². The normalized spacial score (nSPS) is 21.4. The molecule has 1 aromatic heterocycles. The zero-order valence-corrected chi connectivity index (χ0v) is 35.1. The number of carbonyl (C=O) groups is 2. The fraction of sp³-hybridized carbons (Fsp3) is 0.683. The van der Waals surface area contributed by atoms with Crippen molar-refractivity contribution in [2.75, 3.05) is 96.6 Å². The van der Waals surface area contributed by atoms with Crippen molar-refractivity contribution in [3.05, 3.63) is 41.0 Å². The number of carbonyl (C=O) groups excluding carboxylic acids is 2. The molecule has 2 amide bonds. The first-order valence-corrected chi connectivity index (χ1v) is 20.0. The second-order valence-electron chi connectivity index (χ2n) is 17.1. The molecule has 3 heterocycles. The van der Waals surface area contributed by atoms with Crippen molar-refractivity contribution >= 4 is 35.1 Å². The van der Waals surface area contributed by atoms with Crippen molar-refractivity contribution in [1.29, 1.82) is 0 Å². The zero-order chi connectivity index (χ0) is 40.0. The molecule has 2 aromatic rings. The Kier molecular flexibility index (Phi) is 14.1. The number of nitrogens with zero attached hydrogens (tertiary/aromatic N) is 4. The molecule has 2 aliphatic heterocycles. The van der Waals surface area contributed by atoms with Crippen LogP contribution in [0.15, 0.2) is 30.5 Å². The fourth-order valence-corrected chi connectivity index (χ4v) is 8.68. The third-order valence-corrected chi connectivity index (χ3v) is 11.4. The molecule has 0 radical (unpaired) electrons. The predicted molar refractivity (Wildman–Crippen MR) is 216 cm³/mol. The van der Waals surface area contributed by atoms with Crippen LogP contribution in [0.2, 0.25) is 5.02 Å². The van der Waals surface area contributed by atoms with E-state index in [9.17, 15) is 9.59 Å². The Hall–Kier alpha value is -3.52. The van der Waals surface area contributed by atoms with Gasteiger partial charge in [-0.2, -0.15) is 0 Å². The summed E-state index contributed by atoms with van der Waals surface area (Å²) in [5.74, 6) is 2.26. The summed E-state index contributed by atoms with van der Waals surface area (Å²) in [5.41, 5.74) is -0.0407. The number of ether oxygens (including phenoxy) is 5. The van der Waals surface area contributed by atoms with Gasteiger partial charge >= 0.3 is 6.09 Å². The second-order valence-corrected chi connectivity index (χ2v) is 17.5. The van der Waals surface area contributed by atoms with Gasteiger partial charge in [-0.15, -0.1) is 0 Å². The highest BCUT2D eigenvalue weighted by atomic mass is 35.5. The first-order chi connectivity index (χ1) is 26.0. The summed E-state index contributed by atoms with van der Waals surface area (Å²) in [6.07, 6.45) is 3.29. The Morgan fingerprint density at radius 3 is 2.24 bits per heavy atom. The van der Waals surface area contributed by atoms with Gasteiger partial charge in [-0.3, -0.25) is 9.69 Å². The molecule has 55 heavy (non-hydrogen) atoms. The standard InChI is InChI=1S/C41H63ClN6O7/c1-39(2,3)55-38(50)48-18-16-46(17-19-48)27-28-12-14-47(15-13-28)34-25-33(53-23-22-52-21-20-51-9)30(26-44-34)35(49)45-36-40(4,5)37(41(36,6)7)54-29-10-11-32(43-8)31(42)24-29/h10-11,24-26,28,36-37,43H,12-23,27H2,1-9H3,(H,45,49). The van der Waals surface area contributed by atoms with Gasteiger partial charge in [0.15, 0.2) is 0 Å². The van der Waals surface area contributed by atoms with Crippen LogP contribution < -0.4 is 25.0 Å². The van der Waals surface area contributed by atoms with Gasteiger partial charge in [0.05, 0.1) is 36.1 Å². The Morgan fingerprint density at radius 1 is 0.945 bits per heavy atom. The second kappa shape index (κ2) is 18.2. The van der Waals surface area contributed by atoms with Crippen LogP contribution in [0.5, 0.6) is 11.5 Å². The Morgan fingerprint density at radius 2 is 1.62 bits per heavy atom. The molecule has 0 atom stereocenters. The minimum absolute atomic E-state index is 0.174. The molecule has 14 heteroatoms. The fourth-order valence-electron chi connectivity index (χ4n) is 8.41. The summed E-state index contributed by atoms with van der Waals surface area (Å²) >= 11 is 6.44. The van der Waals surface area contributed by atoms with E-state index in [1.165, 1.54) is 0 Å². The molecular weight excluding hydrogens is 724 g/mol. The van der Waals surface area contributed by atoms with Gasteiger partial charge in [-0.1, -0.05) is 39.3 Å². The van der Waals surface area contributed by atoms with Crippen LogP contribution >= 0.6 is 11.6 Å². The summed E-state index contributed by atoms with van der Waals surface area (Å²) in [7, 11) is 3.46. The van der Waals surface area contributed by atoms with Crippen molar-refractivity contribution in [2.24, 2.45) is 16.7 Å². The van der Waals surface area contributed by atoms with E-state index in [4.69, 9.17) is 40.3 Å². The number of rotatable bonds is 15. The van der Waals surface area contributed by atoms with Gasteiger partial charge in [0, 0.05) is 95.2 Å². The summed E-state index contributed by atoms with van der Waals surface area (Å²) in [6.45, 7) is 21.5. The van der Waals surface area contributed by atoms with Crippen molar-refractivity contribution in [1.82, 2.24) is 20.1 Å². The Bertz CT molecular complexity index is 1590. The van der Waals surface area contributed by atoms with Gasteiger partial charge < -0.3 is 44.1 Å². The van der Waals surface area contributed by atoms with Crippen LogP contribution in [-0.4, -0.2) is 131 Å². The number of nitrogens with one attached hydrogen (secondary N) is 2. The van der Waals surface area contributed by atoms with E-state index in [-0.39, 0.29) is 41.6 Å². The molecule has 1 aromatic carbocycles. The average molecular weight is 787 g/mol. The van der Waals surface area contributed by atoms with Crippen LogP contribution in [0.1, 0.15) is 71.7 Å². The predicted octanol–water partition coefficient (Wildman–Crippen LogP) is 6.20. The lowest BCUT2D eigenvalue weighted by Crippen LogP contribution is -2.74. The topological polar surface area (TPSA) is 127 Å². The number of halogens is 1. The summed E-state index contributed by atoms with van der Waals surface area (Å²) in [6, 6.07) is 7.33. The summed E-state index contributed by atoms with van der Waals surface area (Å²) < 4.78 is 29.0. The number of piperazine rings is 1. The monoisotopic (exact) mass is 786 g/mol. The van der Waals surface area contributed by atoms with Crippen molar-refractivity contribution in [3.8, 4) is 11.5 Å². The first kappa shape index (κ1) is 42.6. The SMILES string of the molecule is CNc1ccc(OC2C(C)(C)C(NC(=O)c3cnc(N4CCC(CN5CCN(C(=O)OC(C)(C)C)CC5)CC4)cc3OCCOCCOC)C2(C)C)cc1Cl.